The molecule has 0 radical (unpaired) electrons. The lowest BCUT2D eigenvalue weighted by molar-refractivity contribution is -0.384. The topological polar surface area (TPSA) is 95.4 Å². The standard InChI is InChI=1S/C14H14ClN5O3/c15-13-12(9-16-17-14(13)21)19-7-5-18(6-8-19)10-3-1-2-4-11(10)20(22)23/h1-4,9H,5-8H2,(H,17,21). The summed E-state index contributed by atoms with van der Waals surface area (Å²) in [6.07, 6.45) is 1.52. The van der Waals surface area contributed by atoms with Gasteiger partial charge in [-0.2, -0.15) is 5.10 Å². The molecule has 1 N–H and O–H groups in total. The van der Waals surface area contributed by atoms with Crippen LogP contribution in [0.1, 0.15) is 0 Å². The molecule has 120 valence electrons. The molecule has 1 fully saturated rings. The largest absolute Gasteiger partial charge is 0.365 e. The van der Waals surface area contributed by atoms with Crippen LogP contribution in [0.5, 0.6) is 0 Å². The van der Waals surface area contributed by atoms with Crippen LogP contribution in [0.4, 0.5) is 17.1 Å². The fourth-order valence-corrected chi connectivity index (χ4v) is 2.88. The molecule has 2 heterocycles. The third kappa shape index (κ3) is 2.98. The van der Waals surface area contributed by atoms with Crippen LogP contribution in [0.2, 0.25) is 5.02 Å². The van der Waals surface area contributed by atoms with Crippen molar-refractivity contribution in [3.8, 4) is 0 Å². The van der Waals surface area contributed by atoms with Gasteiger partial charge in [0.25, 0.3) is 11.2 Å². The number of nitro benzene ring substituents is 1. The number of nitrogens with one attached hydrogen (secondary N) is 1. The van der Waals surface area contributed by atoms with E-state index in [0.717, 1.165) is 0 Å². The molecule has 1 aromatic carbocycles. The number of benzene rings is 1. The highest BCUT2D eigenvalue weighted by molar-refractivity contribution is 6.33. The second-order valence-electron chi connectivity index (χ2n) is 5.12. The van der Waals surface area contributed by atoms with Crippen LogP contribution in [-0.2, 0) is 0 Å². The van der Waals surface area contributed by atoms with Crippen molar-refractivity contribution < 1.29 is 4.92 Å². The minimum Gasteiger partial charge on any atom is -0.365 e. The summed E-state index contributed by atoms with van der Waals surface area (Å²) in [4.78, 5) is 26.2. The van der Waals surface area contributed by atoms with Crippen LogP contribution < -0.4 is 15.4 Å². The molecule has 1 aliphatic rings. The van der Waals surface area contributed by atoms with Crippen LogP contribution >= 0.6 is 11.6 Å². The van der Waals surface area contributed by atoms with Crippen molar-refractivity contribution in [1.29, 1.82) is 0 Å². The molecule has 3 rings (SSSR count). The van der Waals surface area contributed by atoms with Gasteiger partial charge >= 0.3 is 0 Å². The Morgan fingerprint density at radius 1 is 1.13 bits per heavy atom. The summed E-state index contributed by atoms with van der Waals surface area (Å²) in [5.74, 6) is 0. The van der Waals surface area contributed by atoms with E-state index in [1.165, 1.54) is 12.3 Å². The molecule has 1 saturated heterocycles. The number of piperazine rings is 1. The van der Waals surface area contributed by atoms with Crippen molar-refractivity contribution in [2.75, 3.05) is 36.0 Å². The first-order valence-corrected chi connectivity index (χ1v) is 7.42. The minimum atomic E-state index is -0.426. The third-order valence-electron chi connectivity index (χ3n) is 3.82. The van der Waals surface area contributed by atoms with E-state index < -0.39 is 5.56 Å². The highest BCUT2D eigenvalue weighted by atomic mass is 35.5. The van der Waals surface area contributed by atoms with Gasteiger partial charge in [0.05, 0.1) is 16.8 Å². The molecule has 0 unspecified atom stereocenters. The molecular weight excluding hydrogens is 322 g/mol. The number of rotatable bonds is 3. The Morgan fingerprint density at radius 3 is 2.39 bits per heavy atom. The van der Waals surface area contributed by atoms with Crippen molar-refractivity contribution >= 4 is 28.7 Å². The second-order valence-corrected chi connectivity index (χ2v) is 5.50. The van der Waals surface area contributed by atoms with E-state index in [2.05, 4.69) is 10.2 Å². The number of aromatic amines is 1. The molecule has 0 bridgehead atoms. The summed E-state index contributed by atoms with van der Waals surface area (Å²) >= 11 is 6.02. The summed E-state index contributed by atoms with van der Waals surface area (Å²) < 4.78 is 0. The molecule has 0 spiro atoms. The average molecular weight is 336 g/mol. The number of anilines is 2. The van der Waals surface area contributed by atoms with Crippen molar-refractivity contribution in [2.24, 2.45) is 0 Å². The molecule has 23 heavy (non-hydrogen) atoms. The van der Waals surface area contributed by atoms with Gasteiger partial charge < -0.3 is 9.80 Å². The van der Waals surface area contributed by atoms with Crippen molar-refractivity contribution in [1.82, 2.24) is 10.2 Å². The summed E-state index contributed by atoms with van der Waals surface area (Å²) in [5, 5.41) is 17.3. The fourth-order valence-electron chi connectivity index (χ4n) is 2.67. The number of aromatic nitrogens is 2. The van der Waals surface area contributed by atoms with E-state index in [4.69, 9.17) is 11.6 Å². The predicted molar refractivity (Wildman–Crippen MR) is 87.4 cm³/mol. The molecule has 0 aliphatic carbocycles. The Hall–Kier alpha value is -2.61. The fraction of sp³-hybridized carbons (Fsp3) is 0.286. The van der Waals surface area contributed by atoms with Gasteiger partial charge in [-0.1, -0.05) is 23.7 Å². The molecule has 0 atom stereocenters. The number of hydrogen-bond donors (Lipinski definition) is 1. The number of H-pyrrole nitrogens is 1. The number of hydrogen-bond acceptors (Lipinski definition) is 6. The molecule has 1 aromatic heterocycles. The Kier molecular flexibility index (Phi) is 4.16. The van der Waals surface area contributed by atoms with Crippen molar-refractivity contribution in [2.45, 2.75) is 0 Å². The Morgan fingerprint density at radius 2 is 1.74 bits per heavy atom. The normalized spacial score (nSPS) is 14.8. The van der Waals surface area contributed by atoms with Gasteiger partial charge in [-0.25, -0.2) is 5.10 Å². The van der Waals surface area contributed by atoms with Crippen LogP contribution in [0.3, 0.4) is 0 Å². The van der Waals surface area contributed by atoms with Crippen LogP contribution in [0.25, 0.3) is 0 Å². The van der Waals surface area contributed by atoms with Crippen LogP contribution in [0, 0.1) is 10.1 Å². The highest BCUT2D eigenvalue weighted by Gasteiger charge is 2.24. The molecule has 2 aromatic rings. The lowest BCUT2D eigenvalue weighted by atomic mass is 10.2. The zero-order valence-electron chi connectivity index (χ0n) is 12.1. The van der Waals surface area contributed by atoms with Gasteiger partial charge in [0, 0.05) is 32.2 Å². The Labute approximate surface area is 136 Å². The first-order chi connectivity index (χ1) is 11.1. The maximum Gasteiger partial charge on any atom is 0.292 e. The zero-order valence-corrected chi connectivity index (χ0v) is 12.9. The van der Waals surface area contributed by atoms with Crippen LogP contribution in [0.15, 0.2) is 35.3 Å². The predicted octanol–water partition coefficient (Wildman–Crippen LogP) is 1.66. The van der Waals surface area contributed by atoms with E-state index in [1.807, 2.05) is 9.80 Å². The third-order valence-corrected chi connectivity index (χ3v) is 4.18. The van der Waals surface area contributed by atoms with E-state index in [9.17, 15) is 14.9 Å². The second kappa shape index (κ2) is 6.25. The smallest absolute Gasteiger partial charge is 0.292 e. The monoisotopic (exact) mass is 335 g/mol. The maximum absolute atomic E-state index is 11.5. The van der Waals surface area contributed by atoms with Crippen molar-refractivity contribution in [3.63, 3.8) is 0 Å². The van der Waals surface area contributed by atoms with Crippen molar-refractivity contribution in [3.05, 3.63) is 56.0 Å². The molecular formula is C14H14ClN5O3. The quantitative estimate of drug-likeness (QED) is 0.677. The molecule has 8 nitrogen and oxygen atoms in total. The SMILES string of the molecule is O=c1[nH]ncc(N2CCN(c3ccccc3[N+](=O)[O-])CC2)c1Cl. The van der Waals surface area contributed by atoms with Gasteiger partial charge in [-0.15, -0.1) is 0 Å². The average Bonchev–Trinajstić information content (AvgIpc) is 2.57. The Bertz CT molecular complexity index is 786. The zero-order chi connectivity index (χ0) is 16.4. The number of para-hydroxylation sites is 2. The summed E-state index contributed by atoms with van der Waals surface area (Å²) in [6, 6.07) is 6.68. The first kappa shape index (κ1) is 15.3. The van der Waals surface area contributed by atoms with Crippen LogP contribution in [-0.4, -0.2) is 41.3 Å². The van der Waals surface area contributed by atoms with E-state index in [0.29, 0.717) is 37.6 Å². The molecule has 0 amide bonds. The maximum atomic E-state index is 11.5. The van der Waals surface area contributed by atoms with Gasteiger partial charge in [-0.3, -0.25) is 14.9 Å². The lowest BCUT2D eigenvalue weighted by Gasteiger charge is -2.37. The van der Waals surface area contributed by atoms with Gasteiger partial charge in [0.1, 0.15) is 10.7 Å². The Balaban J connectivity index is 1.78. The minimum absolute atomic E-state index is 0.0943. The van der Waals surface area contributed by atoms with Gasteiger partial charge in [-0.05, 0) is 6.07 Å². The highest BCUT2D eigenvalue weighted by Crippen LogP contribution is 2.29. The summed E-state index contributed by atoms with van der Waals surface area (Å²) in [7, 11) is 0. The number of nitrogens with zero attached hydrogens (tertiary/aromatic N) is 4. The molecule has 9 heteroatoms. The number of halogens is 1. The lowest BCUT2D eigenvalue weighted by Crippen LogP contribution is -2.47. The first-order valence-electron chi connectivity index (χ1n) is 7.04. The van der Waals surface area contributed by atoms with Gasteiger partial charge in [0.15, 0.2) is 0 Å². The van der Waals surface area contributed by atoms with E-state index in [-0.39, 0.29) is 15.6 Å². The van der Waals surface area contributed by atoms with E-state index in [1.54, 1.807) is 18.2 Å². The molecule has 1 aliphatic heterocycles. The molecule has 0 saturated carbocycles. The number of nitro groups is 1. The van der Waals surface area contributed by atoms with Gasteiger partial charge in [0.2, 0.25) is 0 Å². The van der Waals surface area contributed by atoms with E-state index >= 15 is 0 Å². The summed E-state index contributed by atoms with van der Waals surface area (Å²) in [5.41, 5.74) is 0.854. The summed E-state index contributed by atoms with van der Waals surface area (Å²) in [6.45, 7) is 2.37.